The molecule has 22 heavy (non-hydrogen) atoms. The Morgan fingerprint density at radius 2 is 1.50 bits per heavy atom. The van der Waals surface area contributed by atoms with Crippen LogP contribution in [-0.4, -0.2) is 50.3 Å². The third-order valence-corrected chi connectivity index (χ3v) is 3.72. The van der Waals surface area contributed by atoms with Gasteiger partial charge in [0.15, 0.2) is 12.2 Å². The molecule has 0 aromatic heterocycles. The van der Waals surface area contributed by atoms with E-state index < -0.39 is 47.4 Å². The molecule has 0 radical (unpaired) electrons. The Kier molecular flexibility index (Phi) is 5.51. The second kappa shape index (κ2) is 6.76. The van der Waals surface area contributed by atoms with Gasteiger partial charge in [0.25, 0.3) is 0 Å². The van der Waals surface area contributed by atoms with E-state index in [0.717, 1.165) is 13.8 Å². The van der Waals surface area contributed by atoms with Crippen molar-refractivity contribution in [3.05, 3.63) is 0 Å². The highest BCUT2D eigenvalue weighted by Gasteiger charge is 2.62. The molecule has 1 aliphatic carbocycles. The summed E-state index contributed by atoms with van der Waals surface area (Å²) in [5.41, 5.74) is -1.32. The van der Waals surface area contributed by atoms with Crippen molar-refractivity contribution in [1.29, 1.82) is 0 Å². The zero-order valence-corrected chi connectivity index (χ0v) is 13.2. The van der Waals surface area contributed by atoms with Crippen molar-refractivity contribution in [2.75, 3.05) is 14.2 Å². The number of rotatable bonds is 4. The van der Waals surface area contributed by atoms with E-state index in [-0.39, 0.29) is 6.42 Å². The lowest BCUT2D eigenvalue weighted by Gasteiger charge is -2.30. The molecular formula is C14H20O8. The third-order valence-electron chi connectivity index (χ3n) is 3.72. The predicted octanol–water partition coefficient (Wildman–Crippen LogP) is 0.222. The molecule has 0 spiro atoms. The van der Waals surface area contributed by atoms with Gasteiger partial charge in [-0.2, -0.15) is 0 Å². The Labute approximate surface area is 128 Å². The van der Waals surface area contributed by atoms with E-state index in [9.17, 15) is 19.2 Å². The van der Waals surface area contributed by atoms with Crippen LogP contribution in [0.3, 0.4) is 0 Å². The standard InChI is InChI=1S/C14H20O8/c1-7(15)21-10-9(12(17)19-4)6-14(3,13(18)20-5)11(10)22-8(2)16/h9-11H,6H2,1-5H3/t9-,10-,11-,14+/m1/s1. The van der Waals surface area contributed by atoms with Crippen LogP contribution in [0.5, 0.6) is 0 Å². The summed E-state index contributed by atoms with van der Waals surface area (Å²) in [6.45, 7) is 3.81. The Morgan fingerprint density at radius 1 is 0.955 bits per heavy atom. The third kappa shape index (κ3) is 3.37. The Balaban J connectivity index is 3.28. The van der Waals surface area contributed by atoms with Crippen molar-refractivity contribution in [3.63, 3.8) is 0 Å². The van der Waals surface area contributed by atoms with Gasteiger partial charge in [-0.15, -0.1) is 0 Å². The van der Waals surface area contributed by atoms with Crippen LogP contribution in [-0.2, 0) is 38.1 Å². The van der Waals surface area contributed by atoms with Crippen LogP contribution < -0.4 is 0 Å². The van der Waals surface area contributed by atoms with Gasteiger partial charge < -0.3 is 18.9 Å². The Bertz CT molecular complexity index is 485. The molecule has 0 aromatic carbocycles. The average Bonchev–Trinajstić information content (AvgIpc) is 2.71. The lowest BCUT2D eigenvalue weighted by Crippen LogP contribution is -2.45. The molecule has 1 saturated carbocycles. The highest BCUT2D eigenvalue weighted by Crippen LogP contribution is 2.46. The maximum absolute atomic E-state index is 12.1. The lowest BCUT2D eigenvalue weighted by atomic mass is 9.85. The second-order valence-electron chi connectivity index (χ2n) is 5.35. The van der Waals surface area contributed by atoms with Gasteiger partial charge in [0, 0.05) is 13.8 Å². The first-order valence-corrected chi connectivity index (χ1v) is 6.68. The summed E-state index contributed by atoms with van der Waals surface area (Å²) in [4.78, 5) is 46.7. The van der Waals surface area contributed by atoms with Crippen LogP contribution in [0.25, 0.3) is 0 Å². The molecule has 4 atom stereocenters. The molecule has 0 amide bonds. The van der Waals surface area contributed by atoms with Crippen LogP contribution in [0.15, 0.2) is 0 Å². The van der Waals surface area contributed by atoms with Crippen LogP contribution >= 0.6 is 0 Å². The molecule has 0 aromatic rings. The molecule has 0 N–H and O–H groups in total. The molecule has 1 aliphatic rings. The molecule has 8 heteroatoms. The fourth-order valence-electron chi connectivity index (χ4n) is 2.78. The van der Waals surface area contributed by atoms with E-state index in [1.807, 2.05) is 0 Å². The summed E-state index contributed by atoms with van der Waals surface area (Å²) >= 11 is 0. The average molecular weight is 316 g/mol. The summed E-state index contributed by atoms with van der Waals surface area (Å²) < 4.78 is 19.7. The van der Waals surface area contributed by atoms with Crippen molar-refractivity contribution in [3.8, 4) is 0 Å². The van der Waals surface area contributed by atoms with Crippen LogP contribution in [0.2, 0.25) is 0 Å². The minimum absolute atomic E-state index is 0.0256. The summed E-state index contributed by atoms with van der Waals surface area (Å²) in [6, 6.07) is 0. The number of carbonyl (C=O) groups excluding carboxylic acids is 4. The Hall–Kier alpha value is -2.12. The van der Waals surface area contributed by atoms with Gasteiger partial charge in [-0.1, -0.05) is 0 Å². The van der Waals surface area contributed by atoms with E-state index in [1.54, 1.807) is 0 Å². The second-order valence-corrected chi connectivity index (χ2v) is 5.35. The van der Waals surface area contributed by atoms with Crippen LogP contribution in [0, 0.1) is 11.3 Å². The van der Waals surface area contributed by atoms with Gasteiger partial charge in [-0.25, -0.2) is 0 Å². The number of methoxy groups -OCH3 is 2. The van der Waals surface area contributed by atoms with Crippen molar-refractivity contribution >= 4 is 23.9 Å². The van der Waals surface area contributed by atoms with Gasteiger partial charge in [0.2, 0.25) is 0 Å². The summed E-state index contributed by atoms with van der Waals surface area (Å²) in [6.07, 6.45) is -2.27. The molecule has 0 saturated heterocycles. The molecule has 8 nitrogen and oxygen atoms in total. The maximum atomic E-state index is 12.1. The predicted molar refractivity (Wildman–Crippen MR) is 71.4 cm³/mol. The van der Waals surface area contributed by atoms with Crippen molar-refractivity contribution in [2.45, 2.75) is 39.4 Å². The minimum atomic E-state index is -1.32. The van der Waals surface area contributed by atoms with Crippen molar-refractivity contribution < 1.29 is 38.1 Å². The van der Waals surface area contributed by atoms with E-state index >= 15 is 0 Å². The number of carbonyl (C=O) groups is 4. The number of esters is 4. The van der Waals surface area contributed by atoms with Crippen LogP contribution in [0.4, 0.5) is 0 Å². The number of hydrogen-bond donors (Lipinski definition) is 0. The highest BCUT2D eigenvalue weighted by molar-refractivity contribution is 5.83. The van der Waals surface area contributed by atoms with Crippen LogP contribution in [0.1, 0.15) is 27.2 Å². The molecular weight excluding hydrogens is 296 g/mol. The first kappa shape index (κ1) is 17.9. The molecule has 124 valence electrons. The summed E-state index contributed by atoms with van der Waals surface area (Å²) in [5, 5.41) is 0. The smallest absolute Gasteiger partial charge is 0.315 e. The molecule has 0 heterocycles. The monoisotopic (exact) mass is 316 g/mol. The summed E-state index contributed by atoms with van der Waals surface area (Å²) in [5.74, 6) is -3.58. The van der Waals surface area contributed by atoms with Crippen molar-refractivity contribution in [1.82, 2.24) is 0 Å². The lowest BCUT2D eigenvalue weighted by molar-refractivity contribution is -0.180. The van der Waals surface area contributed by atoms with E-state index in [4.69, 9.17) is 14.2 Å². The number of hydrogen-bond acceptors (Lipinski definition) is 8. The van der Waals surface area contributed by atoms with Gasteiger partial charge in [0.05, 0.1) is 20.1 Å². The zero-order valence-electron chi connectivity index (χ0n) is 13.2. The Morgan fingerprint density at radius 3 is 1.91 bits per heavy atom. The zero-order chi connectivity index (χ0) is 17.1. The van der Waals surface area contributed by atoms with Gasteiger partial charge >= 0.3 is 23.9 Å². The largest absolute Gasteiger partial charge is 0.469 e. The summed E-state index contributed by atoms with van der Waals surface area (Å²) in [7, 11) is 2.37. The molecule has 1 fully saturated rings. The molecule has 0 bridgehead atoms. The quantitative estimate of drug-likeness (QED) is 0.536. The maximum Gasteiger partial charge on any atom is 0.315 e. The minimum Gasteiger partial charge on any atom is -0.469 e. The van der Waals surface area contributed by atoms with Gasteiger partial charge in [-0.3, -0.25) is 19.2 Å². The molecule has 0 aliphatic heterocycles. The van der Waals surface area contributed by atoms with Crippen molar-refractivity contribution in [2.24, 2.45) is 11.3 Å². The highest BCUT2D eigenvalue weighted by atomic mass is 16.6. The van der Waals surface area contributed by atoms with Gasteiger partial charge in [0.1, 0.15) is 5.41 Å². The normalized spacial score (nSPS) is 30.3. The van der Waals surface area contributed by atoms with E-state index in [1.165, 1.54) is 21.1 Å². The molecule has 0 unspecified atom stereocenters. The first-order valence-electron chi connectivity index (χ1n) is 6.68. The number of ether oxygens (including phenoxy) is 4. The topological polar surface area (TPSA) is 105 Å². The van der Waals surface area contributed by atoms with Gasteiger partial charge in [-0.05, 0) is 13.3 Å². The first-order chi connectivity index (χ1) is 10.2. The molecule has 1 rings (SSSR count). The van der Waals surface area contributed by atoms with E-state index in [0.29, 0.717) is 0 Å². The fourth-order valence-corrected chi connectivity index (χ4v) is 2.78. The fraction of sp³-hybridized carbons (Fsp3) is 0.714. The SMILES string of the molecule is COC(=O)[C@@H]1C[C@](C)(C(=O)OC)[C@H](OC(C)=O)[C@@H]1OC(C)=O. The van der Waals surface area contributed by atoms with E-state index in [2.05, 4.69) is 4.74 Å².